The Morgan fingerprint density at radius 1 is 1.11 bits per heavy atom. The Bertz CT molecular complexity index is 580. The van der Waals surface area contributed by atoms with Crippen LogP contribution in [0.1, 0.15) is 18.5 Å². The summed E-state index contributed by atoms with van der Waals surface area (Å²) >= 11 is 3.37. The topological polar surface area (TPSA) is 12.0 Å². The van der Waals surface area contributed by atoms with Crippen molar-refractivity contribution < 1.29 is 13.2 Å². The summed E-state index contributed by atoms with van der Waals surface area (Å²) in [5.41, 5.74) is 0.258. The third-order valence-electron chi connectivity index (χ3n) is 2.95. The highest BCUT2D eigenvalue weighted by Crippen LogP contribution is 2.37. The monoisotopic (exact) mass is 331 g/mol. The van der Waals surface area contributed by atoms with Crippen LogP contribution in [0.4, 0.5) is 13.2 Å². The van der Waals surface area contributed by atoms with E-state index >= 15 is 0 Å². The number of hydrogen-bond donors (Lipinski definition) is 1. The summed E-state index contributed by atoms with van der Waals surface area (Å²) in [5, 5.41) is 3.91. The van der Waals surface area contributed by atoms with Crippen molar-refractivity contribution in [2.24, 2.45) is 0 Å². The van der Waals surface area contributed by atoms with Crippen LogP contribution in [-0.4, -0.2) is 12.7 Å². The zero-order valence-electron chi connectivity index (χ0n) is 10.3. The van der Waals surface area contributed by atoms with Gasteiger partial charge in [-0.15, -0.1) is 0 Å². The molecule has 2 rings (SSSR count). The molecule has 1 nitrogen and oxygen atoms in total. The van der Waals surface area contributed by atoms with Crippen LogP contribution in [0.25, 0.3) is 10.8 Å². The van der Waals surface area contributed by atoms with E-state index in [1.807, 2.05) is 12.1 Å². The molecule has 2 aromatic rings. The van der Waals surface area contributed by atoms with Crippen LogP contribution in [-0.2, 0) is 0 Å². The van der Waals surface area contributed by atoms with E-state index in [9.17, 15) is 13.2 Å². The van der Waals surface area contributed by atoms with Gasteiger partial charge in [-0.1, -0.05) is 53.2 Å². The fourth-order valence-electron chi connectivity index (χ4n) is 2.14. The molecule has 2 aromatic carbocycles. The fourth-order valence-corrected chi connectivity index (χ4v) is 2.62. The van der Waals surface area contributed by atoms with Gasteiger partial charge in [0.2, 0.25) is 0 Å². The Morgan fingerprint density at radius 2 is 1.74 bits per heavy atom. The summed E-state index contributed by atoms with van der Waals surface area (Å²) < 4.78 is 40.2. The van der Waals surface area contributed by atoms with Crippen molar-refractivity contribution in [2.75, 3.05) is 6.54 Å². The van der Waals surface area contributed by atoms with Crippen LogP contribution in [0.3, 0.4) is 0 Å². The number of nitrogens with one attached hydrogen (secondary N) is 1. The van der Waals surface area contributed by atoms with Crippen molar-refractivity contribution in [2.45, 2.75) is 19.1 Å². The minimum Gasteiger partial charge on any atom is -0.303 e. The molecule has 0 bridgehead atoms. The molecule has 1 atom stereocenters. The average Bonchev–Trinajstić information content (AvgIpc) is 2.36. The summed E-state index contributed by atoms with van der Waals surface area (Å²) in [6.07, 6.45) is -4.31. The Hall–Kier alpha value is -1.07. The molecule has 0 aliphatic carbocycles. The van der Waals surface area contributed by atoms with E-state index in [1.54, 1.807) is 25.1 Å². The van der Waals surface area contributed by atoms with Gasteiger partial charge in [0.05, 0.1) is 0 Å². The van der Waals surface area contributed by atoms with Crippen molar-refractivity contribution in [1.82, 2.24) is 5.32 Å². The van der Waals surface area contributed by atoms with Gasteiger partial charge in [-0.05, 0) is 28.9 Å². The average molecular weight is 332 g/mol. The molecule has 0 saturated heterocycles. The van der Waals surface area contributed by atoms with Crippen LogP contribution in [0.2, 0.25) is 0 Å². The van der Waals surface area contributed by atoms with E-state index in [0.717, 1.165) is 9.86 Å². The highest BCUT2D eigenvalue weighted by atomic mass is 79.9. The number of rotatable bonds is 3. The standard InChI is InChI=1S/C14H13BrF3N/c1-2-19-13(14(16,17)18)11-7-8-12(15)10-6-4-3-5-9(10)11/h3-8,13,19H,2H2,1H3. The molecule has 19 heavy (non-hydrogen) atoms. The lowest BCUT2D eigenvalue weighted by atomic mass is 9.98. The molecule has 0 aliphatic heterocycles. The number of halogens is 4. The molecule has 5 heteroatoms. The minimum absolute atomic E-state index is 0.258. The van der Waals surface area contributed by atoms with E-state index in [4.69, 9.17) is 0 Å². The Kier molecular flexibility index (Phi) is 4.16. The number of benzene rings is 2. The van der Waals surface area contributed by atoms with Gasteiger partial charge in [-0.2, -0.15) is 13.2 Å². The SMILES string of the molecule is CCNC(c1ccc(Br)c2ccccc12)C(F)(F)F. The smallest absolute Gasteiger partial charge is 0.303 e. The first-order chi connectivity index (χ1) is 8.95. The molecule has 0 aromatic heterocycles. The second-order valence-electron chi connectivity index (χ2n) is 4.21. The van der Waals surface area contributed by atoms with Crippen LogP contribution in [0.15, 0.2) is 40.9 Å². The van der Waals surface area contributed by atoms with Crippen molar-refractivity contribution in [3.63, 3.8) is 0 Å². The molecule has 1 unspecified atom stereocenters. The van der Waals surface area contributed by atoms with Gasteiger partial charge in [0.15, 0.2) is 0 Å². The molecule has 0 radical (unpaired) electrons. The van der Waals surface area contributed by atoms with Crippen LogP contribution < -0.4 is 5.32 Å². The summed E-state index contributed by atoms with van der Waals surface area (Å²) in [6, 6.07) is 8.62. The van der Waals surface area contributed by atoms with Crippen LogP contribution in [0, 0.1) is 0 Å². The largest absolute Gasteiger partial charge is 0.407 e. The zero-order chi connectivity index (χ0) is 14.0. The fraction of sp³-hybridized carbons (Fsp3) is 0.286. The van der Waals surface area contributed by atoms with Gasteiger partial charge in [-0.3, -0.25) is 0 Å². The first kappa shape index (κ1) is 14.3. The summed E-state index contributed by atoms with van der Waals surface area (Å²) in [6.45, 7) is 1.92. The van der Waals surface area contributed by atoms with Crippen molar-refractivity contribution in [3.8, 4) is 0 Å². The second kappa shape index (κ2) is 5.51. The van der Waals surface area contributed by atoms with Gasteiger partial charge in [-0.25, -0.2) is 0 Å². The lowest BCUT2D eigenvalue weighted by molar-refractivity contribution is -0.157. The minimum atomic E-state index is -4.31. The molecule has 0 heterocycles. The molecular formula is C14H13BrF3N. The zero-order valence-corrected chi connectivity index (χ0v) is 11.8. The van der Waals surface area contributed by atoms with Crippen molar-refractivity contribution in [3.05, 3.63) is 46.4 Å². The van der Waals surface area contributed by atoms with E-state index < -0.39 is 12.2 Å². The molecular weight excluding hydrogens is 319 g/mol. The molecule has 0 aliphatic rings. The molecule has 102 valence electrons. The van der Waals surface area contributed by atoms with Gasteiger partial charge in [0.1, 0.15) is 6.04 Å². The molecule has 0 fully saturated rings. The normalized spacial score (nSPS) is 13.7. The first-order valence-corrected chi connectivity index (χ1v) is 6.71. The lowest BCUT2D eigenvalue weighted by Crippen LogP contribution is -2.34. The maximum atomic E-state index is 13.1. The summed E-state index contributed by atoms with van der Waals surface area (Å²) in [4.78, 5) is 0. The third-order valence-corrected chi connectivity index (χ3v) is 3.64. The second-order valence-corrected chi connectivity index (χ2v) is 5.07. The number of alkyl halides is 3. The predicted octanol–water partition coefficient (Wildman–Crippen LogP) is 4.82. The summed E-state index contributed by atoms with van der Waals surface area (Å²) in [7, 11) is 0. The first-order valence-electron chi connectivity index (χ1n) is 5.92. The van der Waals surface area contributed by atoms with Crippen molar-refractivity contribution >= 4 is 26.7 Å². The van der Waals surface area contributed by atoms with Crippen LogP contribution >= 0.6 is 15.9 Å². The number of fused-ring (bicyclic) bond motifs is 1. The van der Waals surface area contributed by atoms with Gasteiger partial charge >= 0.3 is 6.18 Å². The lowest BCUT2D eigenvalue weighted by Gasteiger charge is -2.23. The molecule has 0 saturated carbocycles. The van der Waals surface area contributed by atoms with Crippen LogP contribution in [0.5, 0.6) is 0 Å². The quantitative estimate of drug-likeness (QED) is 0.850. The predicted molar refractivity (Wildman–Crippen MR) is 74.1 cm³/mol. The Morgan fingerprint density at radius 3 is 2.32 bits per heavy atom. The molecule has 1 N–H and O–H groups in total. The summed E-state index contributed by atoms with van der Waals surface area (Å²) in [5.74, 6) is 0. The third kappa shape index (κ3) is 2.92. The maximum absolute atomic E-state index is 13.1. The van der Waals surface area contributed by atoms with Gasteiger partial charge < -0.3 is 5.32 Å². The van der Waals surface area contributed by atoms with Gasteiger partial charge in [0.25, 0.3) is 0 Å². The van der Waals surface area contributed by atoms with E-state index in [2.05, 4.69) is 21.2 Å². The Balaban J connectivity index is 2.64. The maximum Gasteiger partial charge on any atom is 0.407 e. The van der Waals surface area contributed by atoms with Gasteiger partial charge in [0, 0.05) is 4.47 Å². The van der Waals surface area contributed by atoms with E-state index in [-0.39, 0.29) is 12.1 Å². The highest BCUT2D eigenvalue weighted by Gasteiger charge is 2.40. The van der Waals surface area contributed by atoms with E-state index in [0.29, 0.717) is 5.39 Å². The van der Waals surface area contributed by atoms with Crippen molar-refractivity contribution in [1.29, 1.82) is 0 Å². The highest BCUT2D eigenvalue weighted by molar-refractivity contribution is 9.10. The number of hydrogen-bond acceptors (Lipinski definition) is 1. The Labute approximate surface area is 117 Å². The molecule has 0 amide bonds. The van der Waals surface area contributed by atoms with E-state index in [1.165, 1.54) is 6.07 Å². The molecule has 0 spiro atoms.